The van der Waals surface area contributed by atoms with Crippen molar-refractivity contribution in [3.63, 3.8) is 0 Å². The number of hydrogen-bond acceptors (Lipinski definition) is 8. The molecule has 3 N–H and O–H groups in total. The molecule has 0 radical (unpaired) electrons. The molecular weight excluding hydrogens is 579 g/mol. The molecule has 11 nitrogen and oxygen atoms in total. The number of carboxylic acid groups (broad SMARTS) is 1. The third-order valence-electron chi connectivity index (χ3n) is 7.90. The Hall–Kier alpha value is -3.59. The molecular formula is C27H32F3N5O6S. The average Bonchev–Trinajstić information content (AvgIpc) is 3.66. The summed E-state index contributed by atoms with van der Waals surface area (Å²) in [5.74, 6) is -3.60. The van der Waals surface area contributed by atoms with Crippen LogP contribution in [0.25, 0.3) is 0 Å². The summed E-state index contributed by atoms with van der Waals surface area (Å²) in [5, 5.41) is 11.4. The van der Waals surface area contributed by atoms with Crippen LogP contribution in [0.4, 0.5) is 36.2 Å². The van der Waals surface area contributed by atoms with Gasteiger partial charge in [-0.2, -0.15) is 13.2 Å². The fraction of sp³-hybridized carbons (Fsp3) is 0.519. The highest BCUT2D eigenvalue weighted by Crippen LogP contribution is 2.54. The summed E-state index contributed by atoms with van der Waals surface area (Å²) >= 11 is 0. The third-order valence-corrected chi connectivity index (χ3v) is 9.07. The van der Waals surface area contributed by atoms with Crippen molar-refractivity contribution in [1.82, 2.24) is 4.98 Å². The molecule has 2 aliphatic heterocycles. The van der Waals surface area contributed by atoms with Gasteiger partial charge in [0, 0.05) is 26.2 Å². The molecule has 1 saturated carbocycles. The Labute approximate surface area is 241 Å². The summed E-state index contributed by atoms with van der Waals surface area (Å²) in [5.41, 5.74) is -0.0995. The topological polar surface area (TPSA) is 141 Å². The number of carboxylic acids is 1. The lowest BCUT2D eigenvalue weighted by atomic mass is 9.93. The summed E-state index contributed by atoms with van der Waals surface area (Å²) in [6.07, 6.45) is -0.842. The zero-order valence-electron chi connectivity index (χ0n) is 22.9. The van der Waals surface area contributed by atoms with Gasteiger partial charge in [0.15, 0.2) is 5.75 Å². The number of ether oxygens (including phenoxy) is 1. The number of rotatable bonds is 8. The molecule has 3 aliphatic rings. The zero-order valence-corrected chi connectivity index (χ0v) is 23.7. The number of aromatic nitrogens is 1. The average molecular weight is 612 g/mol. The molecule has 228 valence electrons. The van der Waals surface area contributed by atoms with E-state index in [1.807, 2.05) is 4.90 Å². The Morgan fingerprint density at radius 1 is 1.10 bits per heavy atom. The largest absolute Gasteiger partial charge is 0.480 e. The van der Waals surface area contributed by atoms with E-state index in [0.717, 1.165) is 37.8 Å². The molecule has 42 heavy (non-hydrogen) atoms. The molecule has 1 aliphatic carbocycles. The number of benzene rings is 1. The van der Waals surface area contributed by atoms with Crippen molar-refractivity contribution in [3.05, 3.63) is 41.5 Å². The number of piperidine rings is 1. The number of halogens is 3. The lowest BCUT2D eigenvalue weighted by molar-refractivity contribution is -0.137. The van der Waals surface area contributed by atoms with Gasteiger partial charge >= 0.3 is 12.1 Å². The van der Waals surface area contributed by atoms with Gasteiger partial charge in [-0.05, 0) is 68.4 Å². The van der Waals surface area contributed by atoms with Gasteiger partial charge in [0.05, 0.1) is 35.2 Å². The molecule has 1 atom stereocenters. The number of anilines is 4. The number of carbonyl (C=O) groups excluding carboxylic acids is 1. The van der Waals surface area contributed by atoms with Gasteiger partial charge < -0.3 is 25.0 Å². The number of amides is 1. The minimum Gasteiger partial charge on any atom is -0.480 e. The number of nitrogens with one attached hydrogen (secondary N) is 2. The maximum atomic E-state index is 13.8. The molecule has 2 saturated heterocycles. The van der Waals surface area contributed by atoms with Gasteiger partial charge in [0.25, 0.3) is 5.91 Å². The standard InChI is InChI=1S/C27H32F3N5O6S/c1-17-15-35(10-11-41-17)23-13-18(27(28,29)30)12-22(31-23)32-25(38)20-3-2-19(33-42(39,40)16-24(36)37)14-21(20)34-8-6-26(4-5-26)7-9-34/h2-3,12-14,17,33H,4-11,15-16H2,1H3,(H,36,37)(H,31,32,38). The number of sulfonamides is 1. The zero-order chi connectivity index (χ0) is 30.3. The van der Waals surface area contributed by atoms with E-state index < -0.39 is 39.4 Å². The predicted octanol–water partition coefficient (Wildman–Crippen LogP) is 3.78. The van der Waals surface area contributed by atoms with Crippen LogP contribution in [0.5, 0.6) is 0 Å². The number of hydrogen-bond donors (Lipinski definition) is 3. The number of alkyl halides is 3. The van der Waals surface area contributed by atoms with E-state index in [-0.39, 0.29) is 29.0 Å². The van der Waals surface area contributed by atoms with E-state index in [2.05, 4.69) is 15.0 Å². The van der Waals surface area contributed by atoms with Crippen molar-refractivity contribution >= 4 is 44.9 Å². The van der Waals surface area contributed by atoms with E-state index >= 15 is 0 Å². The summed E-state index contributed by atoms with van der Waals surface area (Å²) in [7, 11) is -4.21. The van der Waals surface area contributed by atoms with Crippen LogP contribution < -0.4 is 19.8 Å². The first kappa shape index (κ1) is 29.9. The molecule has 2 aromatic rings. The minimum absolute atomic E-state index is 0.0597. The molecule has 1 spiro atoms. The molecule has 1 aromatic heterocycles. The Bertz CT molecular complexity index is 1470. The quantitative estimate of drug-likeness (QED) is 0.407. The van der Waals surface area contributed by atoms with Crippen LogP contribution in [-0.2, 0) is 25.7 Å². The lowest BCUT2D eigenvalue weighted by Gasteiger charge is -2.35. The SMILES string of the molecule is CC1CN(c2cc(C(F)(F)F)cc(NC(=O)c3ccc(NS(=O)(=O)CC(=O)O)cc3N3CCC4(CC3)CC4)n2)CCO1. The van der Waals surface area contributed by atoms with Crippen molar-refractivity contribution in [2.45, 2.75) is 44.9 Å². The van der Waals surface area contributed by atoms with Gasteiger partial charge in [-0.3, -0.25) is 14.3 Å². The van der Waals surface area contributed by atoms with Crippen LogP contribution in [0.3, 0.4) is 0 Å². The molecule has 1 unspecified atom stereocenters. The normalized spacial score (nSPS) is 20.3. The molecule has 1 aromatic carbocycles. The summed E-state index contributed by atoms with van der Waals surface area (Å²) in [6, 6.07) is 5.84. The van der Waals surface area contributed by atoms with Crippen LogP contribution >= 0.6 is 0 Å². The van der Waals surface area contributed by atoms with E-state index in [9.17, 15) is 31.2 Å². The Morgan fingerprint density at radius 3 is 2.43 bits per heavy atom. The minimum atomic E-state index is -4.68. The fourth-order valence-corrected chi connectivity index (χ4v) is 6.32. The van der Waals surface area contributed by atoms with Crippen molar-refractivity contribution in [2.75, 3.05) is 58.4 Å². The predicted molar refractivity (Wildman–Crippen MR) is 149 cm³/mol. The van der Waals surface area contributed by atoms with Crippen molar-refractivity contribution in [3.8, 4) is 0 Å². The number of carbonyl (C=O) groups is 2. The smallest absolute Gasteiger partial charge is 0.416 e. The second kappa shape index (κ2) is 11.2. The molecule has 3 fully saturated rings. The number of pyridine rings is 1. The van der Waals surface area contributed by atoms with E-state index in [1.165, 1.54) is 18.2 Å². The van der Waals surface area contributed by atoms with Gasteiger partial charge in [-0.1, -0.05) is 0 Å². The molecule has 15 heteroatoms. The first-order chi connectivity index (χ1) is 19.7. The van der Waals surface area contributed by atoms with E-state index in [4.69, 9.17) is 9.84 Å². The van der Waals surface area contributed by atoms with Gasteiger partial charge in [-0.15, -0.1) is 0 Å². The summed E-state index contributed by atoms with van der Waals surface area (Å²) in [4.78, 5) is 32.4. The van der Waals surface area contributed by atoms with E-state index in [0.29, 0.717) is 43.9 Å². The van der Waals surface area contributed by atoms with Crippen molar-refractivity contribution in [2.24, 2.45) is 5.41 Å². The number of morpholine rings is 1. The van der Waals surface area contributed by atoms with E-state index in [1.54, 1.807) is 11.8 Å². The molecule has 1 amide bonds. The van der Waals surface area contributed by atoms with Crippen LogP contribution in [-0.4, -0.2) is 75.0 Å². The van der Waals surface area contributed by atoms with Crippen molar-refractivity contribution < 1.29 is 41.0 Å². The first-order valence-corrected chi connectivity index (χ1v) is 15.3. The number of aliphatic carboxylic acids is 1. The summed E-state index contributed by atoms with van der Waals surface area (Å²) in [6.45, 7) is 4.01. The Kier molecular flexibility index (Phi) is 8.00. The van der Waals surface area contributed by atoms with Crippen LogP contribution in [0, 0.1) is 5.41 Å². The van der Waals surface area contributed by atoms with Crippen LogP contribution in [0.1, 0.15) is 48.5 Å². The fourth-order valence-electron chi connectivity index (χ4n) is 5.44. The summed E-state index contributed by atoms with van der Waals surface area (Å²) < 4.78 is 73.6. The number of nitrogens with zero attached hydrogens (tertiary/aromatic N) is 3. The Balaban J connectivity index is 1.45. The monoisotopic (exact) mass is 611 g/mol. The highest BCUT2D eigenvalue weighted by Gasteiger charge is 2.44. The Morgan fingerprint density at radius 2 is 1.81 bits per heavy atom. The molecule has 3 heterocycles. The van der Waals surface area contributed by atoms with Crippen LogP contribution in [0.2, 0.25) is 0 Å². The molecule has 0 bridgehead atoms. The van der Waals surface area contributed by atoms with Gasteiger partial charge in [0.1, 0.15) is 11.6 Å². The second-order valence-electron chi connectivity index (χ2n) is 11.2. The first-order valence-electron chi connectivity index (χ1n) is 13.6. The molecule has 5 rings (SSSR count). The van der Waals surface area contributed by atoms with Gasteiger partial charge in [-0.25, -0.2) is 13.4 Å². The highest BCUT2D eigenvalue weighted by atomic mass is 32.2. The van der Waals surface area contributed by atoms with Crippen LogP contribution in [0.15, 0.2) is 30.3 Å². The highest BCUT2D eigenvalue weighted by molar-refractivity contribution is 7.93. The van der Waals surface area contributed by atoms with Gasteiger partial charge in [0.2, 0.25) is 10.0 Å². The second-order valence-corrected chi connectivity index (χ2v) is 12.9. The lowest BCUT2D eigenvalue weighted by Crippen LogP contribution is -2.41. The van der Waals surface area contributed by atoms with Crippen molar-refractivity contribution in [1.29, 1.82) is 0 Å². The third kappa shape index (κ3) is 7.06. The maximum Gasteiger partial charge on any atom is 0.416 e. The maximum absolute atomic E-state index is 13.8.